The number of aromatic nitrogens is 1. The number of hydrogen-bond acceptors (Lipinski definition) is 4. The molecule has 0 aliphatic rings. The van der Waals surface area contributed by atoms with Crippen LogP contribution in [0.3, 0.4) is 0 Å². The highest BCUT2D eigenvalue weighted by Crippen LogP contribution is 2.20. The van der Waals surface area contributed by atoms with Crippen molar-refractivity contribution in [3.8, 4) is 0 Å². The summed E-state index contributed by atoms with van der Waals surface area (Å²) >= 11 is 1.43. The molecule has 4 nitrogen and oxygen atoms in total. The van der Waals surface area contributed by atoms with Gasteiger partial charge in [0.25, 0.3) is 5.91 Å². The number of rotatable bonds is 6. The highest BCUT2D eigenvalue weighted by Gasteiger charge is 2.18. The number of likely N-dealkylation sites (N-methyl/N-ethyl adjacent to an activating group) is 1. The van der Waals surface area contributed by atoms with Crippen LogP contribution in [0.5, 0.6) is 0 Å². The monoisotopic (exact) mass is 333 g/mol. The molecule has 0 spiro atoms. The Hall–Kier alpha value is -1.92. The molecule has 0 fully saturated rings. The first-order valence-corrected chi connectivity index (χ1v) is 8.44. The summed E-state index contributed by atoms with van der Waals surface area (Å²) in [5, 5.41) is 3.61. The van der Waals surface area contributed by atoms with Crippen molar-refractivity contribution >= 4 is 17.7 Å². The summed E-state index contributed by atoms with van der Waals surface area (Å²) in [6, 6.07) is 9.83. The first kappa shape index (κ1) is 17.4. The van der Waals surface area contributed by atoms with Gasteiger partial charge in [-0.3, -0.25) is 4.79 Å². The Balaban J connectivity index is 2.11. The van der Waals surface area contributed by atoms with E-state index in [2.05, 4.69) is 10.3 Å². The number of benzene rings is 1. The normalized spacial score (nSPS) is 12.2. The molecule has 1 N–H and O–H groups in total. The maximum Gasteiger partial charge on any atom is 0.254 e. The molecule has 0 aliphatic carbocycles. The number of carbonyl (C=O) groups is 1. The second kappa shape index (κ2) is 8.08. The van der Waals surface area contributed by atoms with Crippen molar-refractivity contribution in [2.24, 2.45) is 0 Å². The van der Waals surface area contributed by atoms with Crippen molar-refractivity contribution in [3.05, 3.63) is 59.5 Å². The van der Waals surface area contributed by atoms with Gasteiger partial charge in [0.1, 0.15) is 10.8 Å². The van der Waals surface area contributed by atoms with E-state index in [4.69, 9.17) is 0 Å². The molecular weight excluding hydrogens is 313 g/mol. The number of halogens is 1. The second-order valence-corrected chi connectivity index (χ2v) is 6.10. The number of nitrogens with zero attached hydrogens (tertiary/aromatic N) is 2. The van der Waals surface area contributed by atoms with Gasteiger partial charge in [0, 0.05) is 12.7 Å². The van der Waals surface area contributed by atoms with Crippen molar-refractivity contribution in [1.82, 2.24) is 15.2 Å². The topological polar surface area (TPSA) is 45.2 Å². The van der Waals surface area contributed by atoms with E-state index >= 15 is 0 Å². The van der Waals surface area contributed by atoms with Crippen LogP contribution in [-0.4, -0.2) is 42.7 Å². The molecule has 23 heavy (non-hydrogen) atoms. The van der Waals surface area contributed by atoms with Crippen molar-refractivity contribution in [2.75, 3.05) is 26.9 Å². The van der Waals surface area contributed by atoms with Gasteiger partial charge in [0.05, 0.1) is 11.6 Å². The summed E-state index contributed by atoms with van der Waals surface area (Å²) in [7, 11) is 3.80. The summed E-state index contributed by atoms with van der Waals surface area (Å²) < 4.78 is 13.4. The molecule has 1 atom stereocenters. The molecule has 2 rings (SSSR count). The molecule has 1 aromatic heterocycles. The fourth-order valence-corrected chi connectivity index (χ4v) is 2.87. The maximum absolute atomic E-state index is 13.4. The lowest BCUT2D eigenvalue weighted by atomic mass is 10.1. The summed E-state index contributed by atoms with van der Waals surface area (Å²) in [6.07, 6.45) is 3.55. The van der Waals surface area contributed by atoms with E-state index in [1.807, 2.05) is 31.3 Å². The van der Waals surface area contributed by atoms with Gasteiger partial charge in [-0.15, -0.1) is 11.8 Å². The second-order valence-electron chi connectivity index (χ2n) is 5.30. The first-order valence-electron chi connectivity index (χ1n) is 7.22. The van der Waals surface area contributed by atoms with Crippen molar-refractivity contribution in [2.45, 2.75) is 11.1 Å². The van der Waals surface area contributed by atoms with Crippen LogP contribution in [0.2, 0.25) is 0 Å². The zero-order chi connectivity index (χ0) is 16.8. The molecule has 6 heteroatoms. The molecule has 2 aromatic rings. The molecule has 1 amide bonds. The quantitative estimate of drug-likeness (QED) is 0.826. The number of carbonyl (C=O) groups excluding carboxylic acids is 1. The van der Waals surface area contributed by atoms with Gasteiger partial charge in [-0.05, 0) is 50.2 Å². The molecule has 1 aromatic carbocycles. The number of thioether (sulfide) groups is 1. The minimum absolute atomic E-state index is 0.107. The molecule has 1 unspecified atom stereocenters. The smallest absolute Gasteiger partial charge is 0.254 e. The summed E-state index contributed by atoms with van der Waals surface area (Å²) in [5.41, 5.74) is 1.38. The summed E-state index contributed by atoms with van der Waals surface area (Å²) in [5.74, 6) is -0.455. The lowest BCUT2D eigenvalue weighted by Crippen LogP contribution is -2.34. The zero-order valence-corrected chi connectivity index (χ0v) is 14.2. The number of pyridine rings is 1. The summed E-state index contributed by atoms with van der Waals surface area (Å²) in [4.78, 5) is 18.5. The highest BCUT2D eigenvalue weighted by molar-refractivity contribution is 7.98. The van der Waals surface area contributed by atoms with Gasteiger partial charge >= 0.3 is 0 Å². The van der Waals surface area contributed by atoms with Crippen LogP contribution in [0.4, 0.5) is 4.39 Å². The van der Waals surface area contributed by atoms with Crippen LogP contribution in [-0.2, 0) is 0 Å². The maximum atomic E-state index is 13.4. The average Bonchev–Trinajstić information content (AvgIpc) is 2.54. The standard InChI is InChI=1S/C17H20FN3OS/c1-21(2)15(12-6-4-7-13(18)10-12)11-20-16(22)14-8-5-9-19-17(14)23-3/h4-10,15H,11H2,1-3H3,(H,20,22). The van der Waals surface area contributed by atoms with Crippen LogP contribution in [0.25, 0.3) is 0 Å². The van der Waals surface area contributed by atoms with Crippen molar-refractivity contribution in [3.63, 3.8) is 0 Å². The first-order chi connectivity index (χ1) is 11.0. The molecule has 1 heterocycles. The van der Waals surface area contributed by atoms with Crippen LogP contribution in [0, 0.1) is 5.82 Å². The van der Waals surface area contributed by atoms with Crippen LogP contribution >= 0.6 is 11.8 Å². The van der Waals surface area contributed by atoms with E-state index in [1.54, 1.807) is 24.4 Å². The number of hydrogen-bond donors (Lipinski definition) is 1. The van der Waals surface area contributed by atoms with E-state index < -0.39 is 0 Å². The highest BCUT2D eigenvalue weighted by atomic mass is 32.2. The SMILES string of the molecule is CSc1ncccc1C(=O)NCC(c1cccc(F)c1)N(C)C. The van der Waals surface area contributed by atoms with Gasteiger partial charge in [0.15, 0.2) is 0 Å². The third-order valence-corrected chi connectivity index (χ3v) is 4.23. The fraction of sp³-hybridized carbons (Fsp3) is 0.294. The Morgan fingerprint density at radius 2 is 2.13 bits per heavy atom. The Morgan fingerprint density at radius 1 is 1.35 bits per heavy atom. The molecule has 0 saturated heterocycles. The minimum atomic E-state index is -0.280. The molecule has 0 bridgehead atoms. The summed E-state index contributed by atoms with van der Waals surface area (Å²) in [6.45, 7) is 0.387. The number of nitrogens with one attached hydrogen (secondary N) is 1. The lowest BCUT2D eigenvalue weighted by Gasteiger charge is -2.25. The molecular formula is C17H20FN3OS. The van der Waals surface area contributed by atoms with Gasteiger partial charge in [0.2, 0.25) is 0 Å². The minimum Gasteiger partial charge on any atom is -0.350 e. The predicted octanol–water partition coefficient (Wildman–Crippen LogP) is 2.98. The van der Waals surface area contributed by atoms with Gasteiger partial charge < -0.3 is 10.2 Å². The molecule has 0 aliphatic heterocycles. The lowest BCUT2D eigenvalue weighted by molar-refractivity contribution is 0.0938. The van der Waals surface area contributed by atoms with Gasteiger partial charge in [-0.25, -0.2) is 9.37 Å². The fourth-order valence-electron chi connectivity index (χ4n) is 2.32. The Kier molecular flexibility index (Phi) is 6.12. The van der Waals surface area contributed by atoms with E-state index in [-0.39, 0.29) is 17.8 Å². The third kappa shape index (κ3) is 4.53. The number of amides is 1. The van der Waals surface area contributed by atoms with Crippen LogP contribution in [0.15, 0.2) is 47.6 Å². The molecule has 122 valence electrons. The Bertz CT molecular complexity index is 678. The van der Waals surface area contributed by atoms with E-state index in [0.29, 0.717) is 17.1 Å². The van der Waals surface area contributed by atoms with Crippen molar-refractivity contribution < 1.29 is 9.18 Å². The van der Waals surface area contributed by atoms with E-state index in [1.165, 1.54) is 23.9 Å². The molecule has 0 saturated carbocycles. The van der Waals surface area contributed by atoms with Crippen molar-refractivity contribution in [1.29, 1.82) is 0 Å². The Labute approximate surface area is 140 Å². The predicted molar refractivity (Wildman–Crippen MR) is 91.2 cm³/mol. The third-order valence-electron chi connectivity index (χ3n) is 3.52. The zero-order valence-electron chi connectivity index (χ0n) is 13.4. The van der Waals surface area contributed by atoms with Gasteiger partial charge in [-0.1, -0.05) is 12.1 Å². The van der Waals surface area contributed by atoms with E-state index in [0.717, 1.165) is 5.56 Å². The van der Waals surface area contributed by atoms with Gasteiger partial charge in [-0.2, -0.15) is 0 Å². The van der Waals surface area contributed by atoms with Crippen LogP contribution in [0.1, 0.15) is 22.0 Å². The average molecular weight is 333 g/mol. The van der Waals surface area contributed by atoms with Crippen LogP contribution < -0.4 is 5.32 Å². The molecule has 0 radical (unpaired) electrons. The largest absolute Gasteiger partial charge is 0.350 e. The Morgan fingerprint density at radius 3 is 2.78 bits per heavy atom. The van der Waals surface area contributed by atoms with E-state index in [9.17, 15) is 9.18 Å².